The van der Waals surface area contributed by atoms with Crippen LogP contribution in [0, 0.1) is 18.3 Å². The molecule has 15 heavy (non-hydrogen) atoms. The van der Waals surface area contributed by atoms with Crippen molar-refractivity contribution in [1.82, 2.24) is 4.37 Å². The summed E-state index contributed by atoms with van der Waals surface area (Å²) in [7, 11) is 0. The van der Waals surface area contributed by atoms with Gasteiger partial charge in [0.2, 0.25) is 0 Å². The quantitative estimate of drug-likeness (QED) is 0.852. The molecule has 3 nitrogen and oxygen atoms in total. The van der Waals surface area contributed by atoms with E-state index in [1.54, 1.807) is 0 Å². The van der Waals surface area contributed by atoms with Crippen LogP contribution in [-0.2, 0) is 0 Å². The molecule has 1 rings (SSSR count). The maximum Gasteiger partial charge on any atom is 0.128 e. The molecule has 0 aliphatic rings. The molecule has 0 aliphatic heterocycles. The van der Waals surface area contributed by atoms with Crippen LogP contribution in [0.2, 0.25) is 0 Å². The second-order valence-corrected chi connectivity index (χ2v) is 4.75. The smallest absolute Gasteiger partial charge is 0.128 e. The highest BCUT2D eigenvalue weighted by atomic mass is 32.1. The second-order valence-electron chi connectivity index (χ2n) is 3.98. The number of aryl methyl sites for hydroxylation is 1. The third-order valence-electron chi connectivity index (χ3n) is 2.95. The molecule has 0 saturated heterocycles. The van der Waals surface area contributed by atoms with Crippen LogP contribution >= 0.6 is 11.5 Å². The van der Waals surface area contributed by atoms with Crippen LogP contribution in [0.3, 0.4) is 0 Å². The molecular formula is C11H17N3S. The van der Waals surface area contributed by atoms with Crippen molar-refractivity contribution in [2.45, 2.75) is 46.1 Å². The van der Waals surface area contributed by atoms with Gasteiger partial charge >= 0.3 is 0 Å². The molecule has 0 saturated carbocycles. The van der Waals surface area contributed by atoms with E-state index in [1.807, 2.05) is 6.92 Å². The first-order valence-electron chi connectivity index (χ1n) is 5.21. The maximum absolute atomic E-state index is 9.01. The molecule has 0 atom stereocenters. The fraction of sp³-hybridized carbons (Fsp3) is 0.636. The summed E-state index contributed by atoms with van der Waals surface area (Å²) in [6.07, 6.45) is 2.07. The molecule has 0 aliphatic carbocycles. The van der Waals surface area contributed by atoms with Gasteiger partial charge < -0.3 is 5.32 Å². The number of nitrogens with zero attached hydrogens (tertiary/aromatic N) is 2. The van der Waals surface area contributed by atoms with Crippen molar-refractivity contribution in [1.29, 1.82) is 5.26 Å². The summed E-state index contributed by atoms with van der Waals surface area (Å²) in [6.45, 7) is 8.34. The summed E-state index contributed by atoms with van der Waals surface area (Å²) in [5, 5.41) is 13.3. The van der Waals surface area contributed by atoms with E-state index in [0.717, 1.165) is 23.5 Å². The normalized spacial score (nSPS) is 11.1. The zero-order chi connectivity index (χ0) is 11.5. The van der Waals surface area contributed by atoms with Crippen LogP contribution in [0.1, 0.15) is 44.9 Å². The van der Waals surface area contributed by atoms with Crippen molar-refractivity contribution < 1.29 is 0 Å². The Hall–Kier alpha value is -1.08. The number of aromatic nitrogens is 1. The summed E-state index contributed by atoms with van der Waals surface area (Å²) < 4.78 is 4.20. The third kappa shape index (κ3) is 2.48. The Bertz CT molecular complexity index is 372. The lowest BCUT2D eigenvalue weighted by Gasteiger charge is -2.28. The SMILES string of the molecule is CCC(C)(CC)Nc1snc(C)c1C#N. The zero-order valence-electron chi connectivity index (χ0n) is 9.72. The highest BCUT2D eigenvalue weighted by Gasteiger charge is 2.22. The number of hydrogen-bond acceptors (Lipinski definition) is 4. The van der Waals surface area contributed by atoms with Gasteiger partial charge in [0.1, 0.15) is 16.6 Å². The summed E-state index contributed by atoms with van der Waals surface area (Å²) in [5.74, 6) is 0. The Labute approximate surface area is 95.3 Å². The van der Waals surface area contributed by atoms with E-state index in [4.69, 9.17) is 5.26 Å². The van der Waals surface area contributed by atoms with E-state index >= 15 is 0 Å². The van der Waals surface area contributed by atoms with E-state index in [1.165, 1.54) is 11.5 Å². The average molecular weight is 223 g/mol. The Morgan fingerprint density at radius 2 is 2.07 bits per heavy atom. The van der Waals surface area contributed by atoms with E-state index in [-0.39, 0.29) is 5.54 Å². The zero-order valence-corrected chi connectivity index (χ0v) is 10.5. The molecule has 0 bridgehead atoms. The van der Waals surface area contributed by atoms with Crippen LogP contribution in [0.5, 0.6) is 0 Å². The molecule has 0 fully saturated rings. The predicted molar refractivity (Wildman–Crippen MR) is 64.2 cm³/mol. The van der Waals surface area contributed by atoms with Gasteiger partial charge in [0.25, 0.3) is 0 Å². The van der Waals surface area contributed by atoms with Crippen molar-refractivity contribution in [2.24, 2.45) is 0 Å². The summed E-state index contributed by atoms with van der Waals surface area (Å²) in [5.41, 5.74) is 1.57. The van der Waals surface area contributed by atoms with Gasteiger partial charge in [-0.15, -0.1) is 0 Å². The van der Waals surface area contributed by atoms with Gasteiger partial charge in [-0.2, -0.15) is 9.64 Å². The number of nitrogens with one attached hydrogen (secondary N) is 1. The molecule has 0 aromatic carbocycles. The standard InChI is InChI=1S/C11H17N3S/c1-5-11(4,6-2)13-10-9(7-12)8(3)14-15-10/h13H,5-6H2,1-4H3. The van der Waals surface area contributed by atoms with Gasteiger partial charge in [-0.25, -0.2) is 0 Å². The Morgan fingerprint density at radius 3 is 2.53 bits per heavy atom. The van der Waals surface area contributed by atoms with E-state index < -0.39 is 0 Å². The van der Waals surface area contributed by atoms with E-state index in [9.17, 15) is 0 Å². The van der Waals surface area contributed by atoms with Crippen LogP contribution in [0.4, 0.5) is 5.00 Å². The lowest BCUT2D eigenvalue weighted by atomic mass is 9.95. The Kier molecular flexibility index (Phi) is 3.70. The molecule has 0 spiro atoms. The topological polar surface area (TPSA) is 48.7 Å². The Morgan fingerprint density at radius 1 is 1.47 bits per heavy atom. The van der Waals surface area contributed by atoms with Gasteiger partial charge in [0.05, 0.1) is 5.69 Å². The molecule has 1 N–H and O–H groups in total. The maximum atomic E-state index is 9.01. The Balaban J connectivity index is 2.95. The first kappa shape index (κ1) is 12.0. The summed E-state index contributed by atoms with van der Waals surface area (Å²) in [4.78, 5) is 0. The fourth-order valence-corrected chi connectivity index (χ4v) is 2.18. The van der Waals surface area contributed by atoms with Gasteiger partial charge in [-0.3, -0.25) is 0 Å². The number of nitriles is 1. The molecule has 1 heterocycles. The summed E-state index contributed by atoms with van der Waals surface area (Å²) in [6, 6.07) is 2.20. The minimum atomic E-state index is 0.0601. The third-order valence-corrected chi connectivity index (χ3v) is 3.80. The van der Waals surface area contributed by atoms with Crippen molar-refractivity contribution in [3.05, 3.63) is 11.3 Å². The molecule has 0 unspecified atom stereocenters. The number of anilines is 1. The minimum absolute atomic E-state index is 0.0601. The van der Waals surface area contributed by atoms with Crippen LogP contribution in [-0.4, -0.2) is 9.91 Å². The first-order chi connectivity index (χ1) is 7.06. The lowest BCUT2D eigenvalue weighted by Crippen LogP contribution is -2.32. The van der Waals surface area contributed by atoms with Crippen LogP contribution in [0.25, 0.3) is 0 Å². The van der Waals surface area contributed by atoms with Gasteiger partial charge in [-0.1, -0.05) is 13.8 Å². The average Bonchev–Trinajstić information content (AvgIpc) is 2.59. The second kappa shape index (κ2) is 4.63. The highest BCUT2D eigenvalue weighted by Crippen LogP contribution is 2.29. The van der Waals surface area contributed by atoms with Crippen molar-refractivity contribution in [3.8, 4) is 6.07 Å². The van der Waals surface area contributed by atoms with Crippen LogP contribution in [0.15, 0.2) is 0 Å². The molecule has 0 amide bonds. The summed E-state index contributed by atoms with van der Waals surface area (Å²) >= 11 is 1.37. The molecule has 1 aromatic rings. The molecule has 4 heteroatoms. The molecule has 82 valence electrons. The van der Waals surface area contributed by atoms with Gasteiger partial charge in [-0.05, 0) is 38.2 Å². The van der Waals surface area contributed by atoms with Crippen molar-refractivity contribution >= 4 is 16.5 Å². The highest BCUT2D eigenvalue weighted by molar-refractivity contribution is 7.10. The number of hydrogen-bond donors (Lipinski definition) is 1. The predicted octanol–water partition coefficient (Wildman–Crippen LogP) is 3.31. The van der Waals surface area contributed by atoms with E-state index in [2.05, 4.69) is 36.5 Å². The largest absolute Gasteiger partial charge is 0.369 e. The monoisotopic (exact) mass is 223 g/mol. The lowest BCUT2D eigenvalue weighted by molar-refractivity contribution is 0.480. The van der Waals surface area contributed by atoms with Crippen LogP contribution < -0.4 is 5.32 Å². The van der Waals surface area contributed by atoms with Crippen molar-refractivity contribution in [2.75, 3.05) is 5.32 Å². The van der Waals surface area contributed by atoms with Gasteiger partial charge in [0, 0.05) is 5.54 Å². The van der Waals surface area contributed by atoms with Gasteiger partial charge in [0.15, 0.2) is 0 Å². The number of rotatable bonds is 4. The fourth-order valence-electron chi connectivity index (χ4n) is 1.29. The molecule has 1 aromatic heterocycles. The first-order valence-corrected chi connectivity index (χ1v) is 5.98. The minimum Gasteiger partial charge on any atom is -0.369 e. The van der Waals surface area contributed by atoms with E-state index in [0.29, 0.717) is 5.56 Å². The van der Waals surface area contributed by atoms with Crippen molar-refractivity contribution in [3.63, 3.8) is 0 Å². The molecule has 0 radical (unpaired) electrons. The molecular weight excluding hydrogens is 206 g/mol.